The van der Waals surface area contributed by atoms with E-state index in [-0.39, 0.29) is 0 Å². The van der Waals surface area contributed by atoms with E-state index in [0.29, 0.717) is 0 Å². The zero-order chi connectivity index (χ0) is 13.6. The average Bonchev–Trinajstić information content (AvgIpc) is 3.22. The molecule has 2 aliphatic heterocycles. The molecular weight excluding hydrogens is 349 g/mol. The minimum atomic E-state index is 0.792. The molecule has 0 fully saturated rings. The molecule has 0 saturated carbocycles. The van der Waals surface area contributed by atoms with Crippen molar-refractivity contribution >= 4 is 85.2 Å². The summed E-state index contributed by atoms with van der Waals surface area (Å²) in [7, 11) is 1.58. The van der Waals surface area contributed by atoms with Crippen molar-refractivity contribution in [3.05, 3.63) is 22.9 Å². The first kappa shape index (κ1) is 11.4. The van der Waals surface area contributed by atoms with Gasteiger partial charge >= 0.3 is 0 Å². The third-order valence-corrected chi connectivity index (χ3v) is 9.89. The Hall–Kier alpha value is -1.13. The van der Waals surface area contributed by atoms with E-state index < -0.39 is 0 Å². The van der Waals surface area contributed by atoms with E-state index in [0.717, 1.165) is 30.1 Å². The summed E-state index contributed by atoms with van der Waals surface area (Å²) < 4.78 is 9.31. The van der Waals surface area contributed by atoms with Crippen LogP contribution in [-0.4, -0.2) is 27.8 Å². The predicted octanol–water partition coefficient (Wildman–Crippen LogP) is 1.09. The molecule has 1 aromatic carbocycles. The maximum Gasteiger partial charge on any atom is 0.124 e. The van der Waals surface area contributed by atoms with Crippen molar-refractivity contribution in [3.8, 4) is 20.9 Å². The summed E-state index contributed by atoms with van der Waals surface area (Å²) in [5, 5.41) is 10.5. The zero-order valence-electron chi connectivity index (χ0n) is 10.4. The highest BCUT2D eigenvalue weighted by Crippen LogP contribution is 2.37. The molecule has 6 rings (SSSR count). The van der Waals surface area contributed by atoms with Gasteiger partial charge in [0.2, 0.25) is 0 Å². The largest absolute Gasteiger partial charge is 0.172 e. The van der Waals surface area contributed by atoms with E-state index >= 15 is 0 Å². The second kappa shape index (κ2) is 3.79. The lowest BCUT2D eigenvalue weighted by molar-refractivity contribution is 1.68. The van der Waals surface area contributed by atoms with Crippen LogP contribution in [0, 0.1) is 0 Å². The van der Waals surface area contributed by atoms with Crippen molar-refractivity contribution in [2.45, 2.75) is 0 Å². The van der Waals surface area contributed by atoms with Crippen molar-refractivity contribution in [1.82, 2.24) is 8.75 Å². The highest BCUT2D eigenvalue weighted by atomic mass is 32.1. The van der Waals surface area contributed by atoms with Crippen molar-refractivity contribution in [2.24, 2.45) is 0 Å². The fourth-order valence-corrected chi connectivity index (χ4v) is 9.47. The summed E-state index contributed by atoms with van der Waals surface area (Å²) in [5.74, 6) is 0. The van der Waals surface area contributed by atoms with E-state index in [2.05, 4.69) is 31.6 Å². The van der Waals surface area contributed by atoms with Crippen LogP contribution in [0.5, 0.6) is 0 Å². The molecule has 96 valence electrons. The Morgan fingerprint density at radius 2 is 1.29 bits per heavy atom. The monoisotopic (exact) mass is 352 g/mol. The summed E-state index contributed by atoms with van der Waals surface area (Å²) in [5.41, 5.74) is 5.05. The van der Waals surface area contributed by atoms with E-state index in [1.807, 2.05) is 22.7 Å². The summed E-state index contributed by atoms with van der Waals surface area (Å²) in [4.78, 5) is 2.87. The van der Waals surface area contributed by atoms with Crippen LogP contribution in [0.2, 0.25) is 0 Å². The molecule has 0 atom stereocenters. The maximum atomic E-state index is 4.65. The molecule has 3 aromatic heterocycles. The molecule has 0 amide bonds. The van der Waals surface area contributed by atoms with Gasteiger partial charge in [-0.3, -0.25) is 0 Å². The summed E-state index contributed by atoms with van der Waals surface area (Å²) in [6.07, 6.45) is 0. The second-order valence-electron chi connectivity index (χ2n) is 5.04. The van der Waals surface area contributed by atoms with Gasteiger partial charge in [0.15, 0.2) is 0 Å². The molecule has 21 heavy (non-hydrogen) atoms. The second-order valence-corrected chi connectivity index (χ2v) is 9.98. The van der Waals surface area contributed by atoms with Gasteiger partial charge in [0.25, 0.3) is 0 Å². The van der Waals surface area contributed by atoms with Gasteiger partial charge in [0, 0.05) is 20.9 Å². The van der Waals surface area contributed by atoms with Gasteiger partial charge in [-0.05, 0) is 31.5 Å². The van der Waals surface area contributed by atoms with Gasteiger partial charge in [0.1, 0.15) is 30.1 Å². The molecule has 0 aliphatic carbocycles. The first-order valence-corrected chi connectivity index (χ1v) is 10.9. The number of hydrogen-bond donors (Lipinski definition) is 0. The van der Waals surface area contributed by atoms with Crippen LogP contribution in [0.4, 0.5) is 0 Å². The molecule has 5 heterocycles. The van der Waals surface area contributed by atoms with Crippen LogP contribution in [-0.2, 0) is 0 Å². The summed E-state index contributed by atoms with van der Waals surface area (Å²) in [6.45, 7) is 0. The lowest BCUT2D eigenvalue weighted by Gasteiger charge is -2.08. The molecule has 0 unspecified atom stereocenters. The van der Waals surface area contributed by atoms with E-state index in [1.165, 1.54) is 43.0 Å². The normalized spacial score (nSPS) is 14.3. The Morgan fingerprint density at radius 1 is 0.762 bits per heavy atom. The molecule has 0 spiro atoms. The van der Waals surface area contributed by atoms with Crippen LogP contribution < -0.4 is 20.7 Å². The van der Waals surface area contributed by atoms with E-state index in [1.54, 1.807) is 10.4 Å². The number of thiophene rings is 2. The molecule has 2 aliphatic rings. The Morgan fingerprint density at radius 3 is 1.81 bits per heavy atom. The quantitative estimate of drug-likeness (QED) is 0.383. The van der Waals surface area contributed by atoms with Crippen LogP contribution in [0.25, 0.3) is 31.9 Å². The van der Waals surface area contributed by atoms with Gasteiger partial charge in [-0.2, -0.15) is 8.75 Å². The lowest BCUT2D eigenvalue weighted by Crippen LogP contribution is -2.39. The Labute approximate surface area is 137 Å². The van der Waals surface area contributed by atoms with Gasteiger partial charge in [0.05, 0.1) is 11.7 Å². The minimum Gasteiger partial charge on any atom is -0.172 e. The Bertz CT molecular complexity index is 977. The minimum absolute atomic E-state index is 0.792. The van der Waals surface area contributed by atoms with E-state index in [9.17, 15) is 0 Å². The fraction of sp³-hybridized carbons (Fsp3) is 0. The Kier molecular flexibility index (Phi) is 2.07. The summed E-state index contributed by atoms with van der Waals surface area (Å²) in [6, 6.07) is 4.56. The lowest BCUT2D eigenvalue weighted by atomic mass is 10.1. The molecule has 0 saturated heterocycles. The Balaban J connectivity index is 1.84. The van der Waals surface area contributed by atoms with Crippen molar-refractivity contribution in [3.63, 3.8) is 0 Å². The van der Waals surface area contributed by atoms with Crippen molar-refractivity contribution in [2.75, 3.05) is 0 Å². The highest BCUT2D eigenvalue weighted by molar-refractivity contribution is 7.18. The molecule has 2 nitrogen and oxygen atoms in total. The number of nitrogens with zero attached hydrogens (tertiary/aromatic N) is 2. The summed E-state index contributed by atoms with van der Waals surface area (Å²) >= 11 is 5.06. The average molecular weight is 353 g/mol. The smallest absolute Gasteiger partial charge is 0.124 e. The molecule has 0 N–H and O–H groups in total. The third-order valence-electron chi connectivity index (χ3n) is 4.02. The van der Waals surface area contributed by atoms with Crippen molar-refractivity contribution < 1.29 is 0 Å². The van der Waals surface area contributed by atoms with Crippen molar-refractivity contribution in [1.29, 1.82) is 0 Å². The van der Waals surface area contributed by atoms with Gasteiger partial charge in [-0.15, -0.1) is 22.7 Å². The standard InChI is InChI=1S/C14H4N2S3Si2/c1-3-17-11-5(1)20-13-7(11)9-10(16-19-15-9)8-12-6(2-4-18-12)21-14(8)13/h1-4H. The van der Waals surface area contributed by atoms with Gasteiger partial charge in [-0.25, -0.2) is 0 Å². The molecular formula is C14H4N2S3Si2. The van der Waals surface area contributed by atoms with Crippen LogP contribution in [0.1, 0.15) is 0 Å². The first-order chi connectivity index (χ1) is 10.4. The fourth-order valence-electron chi connectivity index (χ4n) is 3.17. The number of rotatable bonds is 0. The number of hydrogen-bond acceptors (Lipinski definition) is 5. The topological polar surface area (TPSA) is 25.8 Å². The SMILES string of the molecule is c1cc2c(s1)-c1c(c3c(c4nsnc14)-c1sccc1[Si]3)[Si]2. The van der Waals surface area contributed by atoms with Crippen LogP contribution in [0.3, 0.4) is 0 Å². The third kappa shape index (κ3) is 1.28. The van der Waals surface area contributed by atoms with Crippen LogP contribution >= 0.6 is 34.4 Å². The molecule has 0 bridgehead atoms. The number of fused-ring (bicyclic) bond motifs is 10. The molecule has 7 heteroatoms. The van der Waals surface area contributed by atoms with Gasteiger partial charge < -0.3 is 0 Å². The maximum absolute atomic E-state index is 4.65. The highest BCUT2D eigenvalue weighted by Gasteiger charge is 2.34. The van der Waals surface area contributed by atoms with Crippen LogP contribution in [0.15, 0.2) is 22.9 Å². The number of benzene rings is 1. The molecule has 4 radical (unpaired) electrons. The predicted molar refractivity (Wildman–Crippen MR) is 94.1 cm³/mol. The molecule has 4 aromatic rings. The van der Waals surface area contributed by atoms with Gasteiger partial charge in [-0.1, -0.05) is 12.1 Å². The first-order valence-electron chi connectivity index (χ1n) is 6.44. The zero-order valence-corrected chi connectivity index (χ0v) is 14.9. The number of aromatic nitrogens is 2. The van der Waals surface area contributed by atoms with E-state index in [4.69, 9.17) is 0 Å².